The Morgan fingerprint density at radius 1 is 1.60 bits per heavy atom. The van der Waals surface area contributed by atoms with Gasteiger partial charge in [0.05, 0.1) is 0 Å². The second-order valence-electron chi connectivity index (χ2n) is 2.77. The minimum absolute atomic E-state index is 0.208. The molecule has 0 atom stereocenters. The summed E-state index contributed by atoms with van der Waals surface area (Å²) in [6, 6.07) is 0. The van der Waals surface area contributed by atoms with Gasteiger partial charge in [-0.1, -0.05) is 6.92 Å². The van der Waals surface area contributed by atoms with E-state index in [2.05, 4.69) is 0 Å². The zero-order valence-corrected chi connectivity index (χ0v) is 6.77. The molecule has 1 aliphatic heterocycles. The summed E-state index contributed by atoms with van der Waals surface area (Å²) in [5, 5.41) is 0. The number of carbonyl (C=O) groups is 1. The Kier molecular flexibility index (Phi) is 1.79. The van der Waals surface area contributed by atoms with Crippen molar-refractivity contribution in [3.05, 3.63) is 11.1 Å². The highest BCUT2D eigenvalue weighted by molar-refractivity contribution is 5.96. The lowest BCUT2D eigenvalue weighted by Crippen LogP contribution is -2.21. The van der Waals surface area contributed by atoms with Gasteiger partial charge in [-0.25, -0.2) is 0 Å². The number of likely N-dealkylation sites (N-methyl/N-ethyl adjacent to an activating group) is 1. The highest BCUT2D eigenvalue weighted by Gasteiger charge is 2.22. The lowest BCUT2D eigenvalue weighted by atomic mass is 10.1. The molecule has 0 spiro atoms. The lowest BCUT2D eigenvalue weighted by Gasteiger charge is -2.06. The van der Waals surface area contributed by atoms with Crippen molar-refractivity contribution >= 4 is 5.91 Å². The van der Waals surface area contributed by atoms with E-state index in [1.807, 2.05) is 20.9 Å². The van der Waals surface area contributed by atoms with Crippen LogP contribution in [0.2, 0.25) is 0 Å². The summed E-state index contributed by atoms with van der Waals surface area (Å²) in [6.45, 7) is 4.87. The van der Waals surface area contributed by atoms with Crippen molar-refractivity contribution in [1.82, 2.24) is 4.90 Å². The molecular formula is C8H13NO. The van der Waals surface area contributed by atoms with Gasteiger partial charge < -0.3 is 4.90 Å². The first-order valence-electron chi connectivity index (χ1n) is 3.61. The second-order valence-corrected chi connectivity index (χ2v) is 2.77. The third-order valence-corrected chi connectivity index (χ3v) is 1.95. The molecule has 1 heterocycles. The molecule has 0 saturated heterocycles. The van der Waals surface area contributed by atoms with Crippen LogP contribution in [0.15, 0.2) is 11.1 Å². The van der Waals surface area contributed by atoms with Crippen LogP contribution in [-0.2, 0) is 4.79 Å². The topological polar surface area (TPSA) is 20.3 Å². The van der Waals surface area contributed by atoms with E-state index in [9.17, 15) is 4.79 Å². The van der Waals surface area contributed by atoms with Crippen LogP contribution in [0.1, 0.15) is 20.3 Å². The summed E-state index contributed by atoms with van der Waals surface area (Å²) >= 11 is 0. The molecule has 0 aromatic carbocycles. The van der Waals surface area contributed by atoms with Crippen LogP contribution in [0.4, 0.5) is 0 Å². The van der Waals surface area contributed by atoms with Crippen molar-refractivity contribution in [2.24, 2.45) is 0 Å². The van der Waals surface area contributed by atoms with E-state index >= 15 is 0 Å². The third-order valence-electron chi connectivity index (χ3n) is 1.95. The SMILES string of the molecule is CCC1=C(C)CN(C)C1=O. The molecule has 1 amide bonds. The van der Waals surface area contributed by atoms with Crippen LogP contribution < -0.4 is 0 Å². The average Bonchev–Trinajstić information content (AvgIpc) is 2.09. The minimum Gasteiger partial charge on any atom is -0.338 e. The van der Waals surface area contributed by atoms with Crippen molar-refractivity contribution < 1.29 is 4.79 Å². The van der Waals surface area contributed by atoms with E-state index in [4.69, 9.17) is 0 Å². The molecule has 0 aromatic rings. The number of hydrogen-bond acceptors (Lipinski definition) is 1. The molecule has 0 unspecified atom stereocenters. The molecule has 2 nitrogen and oxygen atoms in total. The standard InChI is InChI=1S/C8H13NO/c1-4-7-6(2)5-9(3)8(7)10/h4-5H2,1-3H3. The van der Waals surface area contributed by atoms with E-state index in [0.29, 0.717) is 0 Å². The average molecular weight is 139 g/mol. The lowest BCUT2D eigenvalue weighted by molar-refractivity contribution is -0.124. The molecule has 0 aliphatic carbocycles. The van der Waals surface area contributed by atoms with Crippen molar-refractivity contribution in [1.29, 1.82) is 0 Å². The number of hydrogen-bond donors (Lipinski definition) is 0. The molecule has 0 radical (unpaired) electrons. The zero-order valence-electron chi connectivity index (χ0n) is 6.77. The molecule has 1 aliphatic rings. The maximum Gasteiger partial charge on any atom is 0.249 e. The van der Waals surface area contributed by atoms with Crippen molar-refractivity contribution in [2.45, 2.75) is 20.3 Å². The molecule has 0 saturated carbocycles. The number of rotatable bonds is 1. The highest BCUT2D eigenvalue weighted by atomic mass is 16.2. The van der Waals surface area contributed by atoms with E-state index in [-0.39, 0.29) is 5.91 Å². The monoisotopic (exact) mass is 139 g/mol. The first-order valence-corrected chi connectivity index (χ1v) is 3.61. The Bertz CT molecular complexity index is 193. The fourth-order valence-electron chi connectivity index (χ4n) is 1.39. The van der Waals surface area contributed by atoms with Crippen LogP contribution >= 0.6 is 0 Å². The fourth-order valence-corrected chi connectivity index (χ4v) is 1.39. The third kappa shape index (κ3) is 0.939. The summed E-state index contributed by atoms with van der Waals surface area (Å²) in [5.41, 5.74) is 2.23. The first-order chi connectivity index (χ1) is 4.66. The molecule has 0 fully saturated rings. The molecule has 0 aromatic heterocycles. The van der Waals surface area contributed by atoms with Crippen LogP contribution in [0.5, 0.6) is 0 Å². The summed E-state index contributed by atoms with van der Waals surface area (Å²) in [4.78, 5) is 13.0. The molecule has 56 valence electrons. The smallest absolute Gasteiger partial charge is 0.249 e. The summed E-state index contributed by atoms with van der Waals surface area (Å²) in [7, 11) is 1.84. The Hall–Kier alpha value is -0.790. The molecular weight excluding hydrogens is 126 g/mol. The van der Waals surface area contributed by atoms with Gasteiger partial charge in [0.2, 0.25) is 5.91 Å². The van der Waals surface area contributed by atoms with Crippen LogP contribution in [0, 0.1) is 0 Å². The minimum atomic E-state index is 0.208. The van der Waals surface area contributed by atoms with E-state index in [0.717, 1.165) is 18.5 Å². The number of amides is 1. The molecule has 0 bridgehead atoms. The maximum atomic E-state index is 11.2. The van der Waals surface area contributed by atoms with E-state index in [1.165, 1.54) is 5.57 Å². The van der Waals surface area contributed by atoms with Gasteiger partial charge >= 0.3 is 0 Å². The van der Waals surface area contributed by atoms with Gasteiger partial charge in [0.15, 0.2) is 0 Å². The van der Waals surface area contributed by atoms with Crippen molar-refractivity contribution in [3.8, 4) is 0 Å². The Morgan fingerprint density at radius 3 is 2.40 bits per heavy atom. The summed E-state index contributed by atoms with van der Waals surface area (Å²) in [6.07, 6.45) is 0.870. The van der Waals surface area contributed by atoms with Crippen molar-refractivity contribution in [3.63, 3.8) is 0 Å². The van der Waals surface area contributed by atoms with Gasteiger partial charge in [0, 0.05) is 19.2 Å². The number of nitrogens with zero attached hydrogens (tertiary/aromatic N) is 1. The van der Waals surface area contributed by atoms with E-state index < -0.39 is 0 Å². The van der Waals surface area contributed by atoms with Crippen LogP contribution in [0.25, 0.3) is 0 Å². The second kappa shape index (κ2) is 2.45. The Labute approximate surface area is 61.5 Å². The normalized spacial score (nSPS) is 19.1. The predicted molar refractivity (Wildman–Crippen MR) is 40.6 cm³/mol. The van der Waals surface area contributed by atoms with Gasteiger partial charge in [-0.05, 0) is 18.9 Å². The molecule has 0 N–H and O–H groups in total. The Morgan fingerprint density at radius 2 is 2.20 bits per heavy atom. The number of carbonyl (C=O) groups excluding carboxylic acids is 1. The van der Waals surface area contributed by atoms with E-state index in [1.54, 1.807) is 4.90 Å². The van der Waals surface area contributed by atoms with Crippen molar-refractivity contribution in [2.75, 3.05) is 13.6 Å². The maximum absolute atomic E-state index is 11.2. The summed E-state index contributed by atoms with van der Waals surface area (Å²) in [5.74, 6) is 0.208. The quantitative estimate of drug-likeness (QED) is 0.534. The largest absolute Gasteiger partial charge is 0.338 e. The Balaban J connectivity index is 2.85. The molecule has 2 heteroatoms. The fraction of sp³-hybridized carbons (Fsp3) is 0.625. The predicted octanol–water partition coefficient (Wildman–Crippen LogP) is 1.18. The van der Waals surface area contributed by atoms with Gasteiger partial charge in [-0.3, -0.25) is 4.79 Å². The van der Waals surface area contributed by atoms with Gasteiger partial charge in [-0.15, -0.1) is 0 Å². The van der Waals surface area contributed by atoms with Gasteiger partial charge in [0.1, 0.15) is 0 Å². The first kappa shape index (κ1) is 7.32. The zero-order chi connectivity index (χ0) is 7.72. The van der Waals surface area contributed by atoms with Crippen LogP contribution in [-0.4, -0.2) is 24.4 Å². The highest BCUT2D eigenvalue weighted by Crippen LogP contribution is 2.18. The molecule has 1 rings (SSSR count). The summed E-state index contributed by atoms with van der Waals surface area (Å²) < 4.78 is 0. The van der Waals surface area contributed by atoms with Gasteiger partial charge in [-0.2, -0.15) is 0 Å². The van der Waals surface area contributed by atoms with Gasteiger partial charge in [0.25, 0.3) is 0 Å². The molecule has 10 heavy (non-hydrogen) atoms. The van der Waals surface area contributed by atoms with Crippen LogP contribution in [0.3, 0.4) is 0 Å².